The molecule has 10 heteroatoms. The largest absolute Gasteiger partial charge is 0.497 e. The van der Waals surface area contributed by atoms with E-state index in [1.54, 1.807) is 13.8 Å². The molecule has 0 spiro atoms. The molecule has 0 aliphatic carbocycles. The molecule has 0 aliphatic heterocycles. The number of amides is 2. The molecule has 0 saturated carbocycles. The Morgan fingerprint density at radius 2 is 1.62 bits per heavy atom. The molecule has 1 N–H and O–H groups in total. The van der Waals surface area contributed by atoms with Crippen LogP contribution < -0.4 is 14.4 Å². The number of likely N-dealkylation sites (N-methyl/N-ethyl adjacent to an activating group) is 1. The van der Waals surface area contributed by atoms with Crippen molar-refractivity contribution in [2.45, 2.75) is 44.7 Å². The van der Waals surface area contributed by atoms with Gasteiger partial charge >= 0.3 is 0 Å². The average molecular weight is 556 g/mol. The van der Waals surface area contributed by atoms with Crippen LogP contribution >= 0.6 is 0 Å². The summed E-state index contributed by atoms with van der Waals surface area (Å²) in [5.74, 6) is -0.975. The van der Waals surface area contributed by atoms with Crippen molar-refractivity contribution in [1.82, 2.24) is 10.2 Å². The summed E-state index contributed by atoms with van der Waals surface area (Å²) in [6, 6.07) is 17.3. The molecule has 0 heterocycles. The zero-order valence-electron chi connectivity index (χ0n) is 22.6. The molecule has 0 radical (unpaired) electrons. The smallest absolute Gasteiger partial charge is 0.264 e. The Labute approximate surface area is 229 Å². The van der Waals surface area contributed by atoms with Gasteiger partial charge in [0.2, 0.25) is 11.8 Å². The highest BCUT2D eigenvalue weighted by Gasteiger charge is 2.33. The van der Waals surface area contributed by atoms with Gasteiger partial charge in [-0.3, -0.25) is 13.9 Å². The number of hydrogen-bond donors (Lipinski definition) is 1. The Hall–Kier alpha value is -3.92. The number of ether oxygens (including phenoxy) is 1. The quantitative estimate of drug-likeness (QED) is 0.360. The number of carbonyl (C=O) groups excluding carboxylic acids is 2. The third-order valence-corrected chi connectivity index (χ3v) is 8.17. The summed E-state index contributed by atoms with van der Waals surface area (Å²) in [5.41, 5.74) is 1.88. The number of aryl methyl sites for hydroxylation is 1. The SMILES string of the molecule is CCNC(=O)[C@@H](CC)N(Cc1ccccc1C)C(=O)CN(c1ccc(F)cc1)S(=O)(=O)c1ccc(OC)cc1. The summed E-state index contributed by atoms with van der Waals surface area (Å²) in [4.78, 5) is 28.3. The minimum absolute atomic E-state index is 0.0679. The molecule has 3 rings (SSSR count). The predicted octanol–water partition coefficient (Wildman–Crippen LogP) is 4.28. The van der Waals surface area contributed by atoms with Gasteiger partial charge in [-0.15, -0.1) is 0 Å². The van der Waals surface area contributed by atoms with Gasteiger partial charge in [-0.05, 0) is 79.9 Å². The number of rotatable bonds is 12. The molecule has 0 bridgehead atoms. The van der Waals surface area contributed by atoms with Crippen molar-refractivity contribution in [2.75, 3.05) is 24.5 Å². The van der Waals surface area contributed by atoms with Crippen molar-refractivity contribution in [2.24, 2.45) is 0 Å². The van der Waals surface area contributed by atoms with Crippen LogP contribution in [0.2, 0.25) is 0 Å². The summed E-state index contributed by atoms with van der Waals surface area (Å²) >= 11 is 0. The fraction of sp³-hybridized carbons (Fsp3) is 0.310. The standard InChI is InChI=1S/C29H34FN3O5S/c1-5-27(29(35)31-6-2)32(19-22-10-8-7-9-21(22)3)28(34)20-33(24-13-11-23(30)12-14-24)39(36,37)26-17-15-25(38-4)16-18-26/h7-18,27H,5-6,19-20H2,1-4H3,(H,31,35)/t27-/m1/s1. The summed E-state index contributed by atoms with van der Waals surface area (Å²) < 4.78 is 47.4. The molecular formula is C29H34FN3O5S. The van der Waals surface area contributed by atoms with E-state index in [-0.39, 0.29) is 23.0 Å². The van der Waals surface area contributed by atoms with Crippen LogP contribution in [-0.2, 0) is 26.2 Å². The first-order chi connectivity index (χ1) is 18.6. The van der Waals surface area contributed by atoms with Gasteiger partial charge in [-0.25, -0.2) is 12.8 Å². The minimum Gasteiger partial charge on any atom is -0.497 e. The first kappa shape index (κ1) is 29.6. The van der Waals surface area contributed by atoms with Crippen molar-refractivity contribution < 1.29 is 27.1 Å². The molecule has 39 heavy (non-hydrogen) atoms. The first-order valence-corrected chi connectivity index (χ1v) is 14.1. The summed E-state index contributed by atoms with van der Waals surface area (Å²) in [7, 11) is -2.79. The number of benzene rings is 3. The number of methoxy groups -OCH3 is 1. The van der Waals surface area contributed by atoms with E-state index in [1.165, 1.54) is 48.4 Å². The molecule has 0 fully saturated rings. The highest BCUT2D eigenvalue weighted by Crippen LogP contribution is 2.26. The second-order valence-electron chi connectivity index (χ2n) is 8.93. The summed E-state index contributed by atoms with van der Waals surface area (Å²) in [6.07, 6.45) is 0.325. The lowest BCUT2D eigenvalue weighted by atomic mass is 10.1. The van der Waals surface area contributed by atoms with Crippen LogP contribution in [-0.4, -0.2) is 51.4 Å². The van der Waals surface area contributed by atoms with E-state index in [4.69, 9.17) is 4.74 Å². The van der Waals surface area contributed by atoms with Crippen molar-refractivity contribution in [3.8, 4) is 5.75 Å². The zero-order valence-corrected chi connectivity index (χ0v) is 23.4. The molecule has 0 saturated heterocycles. The minimum atomic E-state index is -4.26. The van der Waals surface area contributed by atoms with Crippen LogP contribution in [0, 0.1) is 12.7 Å². The van der Waals surface area contributed by atoms with Crippen LogP contribution in [0.15, 0.2) is 77.7 Å². The van der Waals surface area contributed by atoms with E-state index < -0.39 is 34.3 Å². The lowest BCUT2D eigenvalue weighted by Gasteiger charge is -2.33. The Kier molecular flexibility index (Phi) is 10.1. The van der Waals surface area contributed by atoms with Gasteiger partial charge in [0.15, 0.2) is 0 Å². The fourth-order valence-electron chi connectivity index (χ4n) is 4.19. The van der Waals surface area contributed by atoms with E-state index >= 15 is 0 Å². The number of carbonyl (C=O) groups is 2. The van der Waals surface area contributed by atoms with Gasteiger partial charge in [-0.2, -0.15) is 0 Å². The molecule has 0 unspecified atom stereocenters. The van der Waals surface area contributed by atoms with Crippen molar-refractivity contribution in [3.63, 3.8) is 0 Å². The summed E-state index contributed by atoms with van der Waals surface area (Å²) in [6.45, 7) is 5.39. The third kappa shape index (κ3) is 7.14. The Morgan fingerprint density at radius 3 is 2.18 bits per heavy atom. The zero-order chi connectivity index (χ0) is 28.6. The molecule has 2 amide bonds. The second kappa shape index (κ2) is 13.2. The molecule has 1 atom stereocenters. The van der Waals surface area contributed by atoms with Gasteiger partial charge in [0.05, 0.1) is 17.7 Å². The highest BCUT2D eigenvalue weighted by molar-refractivity contribution is 7.92. The van der Waals surface area contributed by atoms with Gasteiger partial charge < -0.3 is 15.0 Å². The molecule has 8 nitrogen and oxygen atoms in total. The Bertz CT molecular complexity index is 1380. The van der Waals surface area contributed by atoms with Crippen molar-refractivity contribution in [1.29, 1.82) is 0 Å². The summed E-state index contributed by atoms with van der Waals surface area (Å²) in [5, 5.41) is 2.77. The van der Waals surface area contributed by atoms with Crippen molar-refractivity contribution in [3.05, 3.63) is 89.7 Å². The number of nitrogens with one attached hydrogen (secondary N) is 1. The van der Waals surface area contributed by atoms with Crippen LogP contribution in [0.25, 0.3) is 0 Å². The van der Waals surface area contributed by atoms with Crippen molar-refractivity contribution >= 4 is 27.5 Å². The number of nitrogens with zero attached hydrogens (tertiary/aromatic N) is 2. The number of hydrogen-bond acceptors (Lipinski definition) is 5. The lowest BCUT2D eigenvalue weighted by Crippen LogP contribution is -2.52. The predicted molar refractivity (Wildman–Crippen MR) is 148 cm³/mol. The van der Waals surface area contributed by atoms with Gasteiger partial charge in [0.1, 0.15) is 24.2 Å². The third-order valence-electron chi connectivity index (χ3n) is 6.38. The lowest BCUT2D eigenvalue weighted by molar-refractivity contribution is -0.140. The number of halogens is 1. The molecule has 3 aromatic rings. The topological polar surface area (TPSA) is 96.0 Å². The van der Waals surface area contributed by atoms with Crippen LogP contribution in [0.1, 0.15) is 31.4 Å². The van der Waals surface area contributed by atoms with Crippen LogP contribution in [0.5, 0.6) is 5.75 Å². The molecule has 0 aromatic heterocycles. The van der Waals surface area contributed by atoms with Crippen LogP contribution in [0.3, 0.4) is 0 Å². The normalized spacial score (nSPS) is 11.9. The molecule has 0 aliphatic rings. The molecule has 208 valence electrons. The average Bonchev–Trinajstić information content (AvgIpc) is 2.93. The van der Waals surface area contributed by atoms with E-state index in [9.17, 15) is 22.4 Å². The Balaban J connectivity index is 2.06. The van der Waals surface area contributed by atoms with E-state index in [0.717, 1.165) is 27.6 Å². The maximum Gasteiger partial charge on any atom is 0.264 e. The van der Waals surface area contributed by atoms with Gasteiger partial charge in [0.25, 0.3) is 10.0 Å². The highest BCUT2D eigenvalue weighted by atomic mass is 32.2. The van der Waals surface area contributed by atoms with Gasteiger partial charge in [0, 0.05) is 13.1 Å². The van der Waals surface area contributed by atoms with E-state index in [1.807, 2.05) is 31.2 Å². The second-order valence-corrected chi connectivity index (χ2v) is 10.8. The monoisotopic (exact) mass is 555 g/mol. The molecular weight excluding hydrogens is 521 g/mol. The molecule has 3 aromatic carbocycles. The van der Waals surface area contributed by atoms with E-state index in [0.29, 0.717) is 18.7 Å². The van der Waals surface area contributed by atoms with Crippen LogP contribution in [0.4, 0.5) is 10.1 Å². The maximum atomic E-state index is 13.9. The first-order valence-electron chi connectivity index (χ1n) is 12.7. The van der Waals surface area contributed by atoms with Gasteiger partial charge in [-0.1, -0.05) is 31.2 Å². The Morgan fingerprint density at radius 1 is 0.974 bits per heavy atom. The fourth-order valence-corrected chi connectivity index (χ4v) is 5.61. The maximum absolute atomic E-state index is 13.9. The van der Waals surface area contributed by atoms with E-state index in [2.05, 4.69) is 5.32 Å². The number of sulfonamides is 1. The number of anilines is 1.